The highest BCUT2D eigenvalue weighted by Gasteiger charge is 2.21. The molecule has 2 aromatic heterocycles. The Morgan fingerprint density at radius 2 is 1.96 bits per heavy atom. The van der Waals surface area contributed by atoms with Crippen molar-refractivity contribution in [2.45, 2.75) is 19.3 Å². The fourth-order valence-electron chi connectivity index (χ4n) is 3.10. The molecule has 25 heavy (non-hydrogen) atoms. The maximum absolute atomic E-state index is 12.8. The van der Waals surface area contributed by atoms with E-state index in [-0.39, 0.29) is 11.5 Å². The first kappa shape index (κ1) is 16.3. The molecular formula is C18H16ClN3O2S. The highest BCUT2D eigenvalue weighted by molar-refractivity contribution is 7.13. The molecule has 0 spiro atoms. The molecule has 3 heterocycles. The summed E-state index contributed by atoms with van der Waals surface area (Å²) >= 11 is 7.54. The molecule has 1 saturated heterocycles. The normalized spacial score (nSPS) is 14.8. The van der Waals surface area contributed by atoms with Crippen LogP contribution in [0.15, 0.2) is 41.3 Å². The Morgan fingerprint density at radius 1 is 1.16 bits per heavy atom. The van der Waals surface area contributed by atoms with Crippen LogP contribution in [-0.4, -0.2) is 32.8 Å². The third-order valence-corrected chi connectivity index (χ3v) is 5.81. The number of fused-ring (bicyclic) bond motifs is 1. The van der Waals surface area contributed by atoms with Gasteiger partial charge < -0.3 is 4.90 Å². The van der Waals surface area contributed by atoms with E-state index in [0.29, 0.717) is 26.5 Å². The summed E-state index contributed by atoms with van der Waals surface area (Å²) in [4.78, 5) is 32.2. The maximum Gasteiger partial charge on any atom is 0.274 e. The lowest BCUT2D eigenvalue weighted by Gasteiger charge is -2.27. The van der Waals surface area contributed by atoms with Gasteiger partial charge in [0.05, 0.1) is 21.7 Å². The van der Waals surface area contributed by atoms with E-state index in [0.717, 1.165) is 32.4 Å². The summed E-state index contributed by atoms with van der Waals surface area (Å²) < 4.78 is 1.56. The van der Waals surface area contributed by atoms with Crippen LogP contribution in [0.5, 0.6) is 0 Å². The molecule has 1 fully saturated rings. The van der Waals surface area contributed by atoms with Gasteiger partial charge in [0, 0.05) is 19.3 Å². The summed E-state index contributed by atoms with van der Waals surface area (Å²) in [5.41, 5.74) is 0.947. The summed E-state index contributed by atoms with van der Waals surface area (Å²) in [6.45, 7) is 1.51. The van der Waals surface area contributed by atoms with Gasteiger partial charge in [-0.25, -0.2) is 8.94 Å². The zero-order valence-electron chi connectivity index (χ0n) is 13.4. The largest absolute Gasteiger partial charge is 0.339 e. The number of likely N-dealkylation sites (tertiary alicyclic amines) is 1. The van der Waals surface area contributed by atoms with E-state index >= 15 is 0 Å². The lowest BCUT2D eigenvalue weighted by molar-refractivity contribution is 0.0724. The van der Waals surface area contributed by atoms with Crippen molar-refractivity contribution in [3.63, 3.8) is 0 Å². The van der Waals surface area contributed by atoms with Crippen molar-refractivity contribution >= 4 is 39.3 Å². The molecule has 1 aliphatic heterocycles. The molecule has 4 rings (SSSR count). The van der Waals surface area contributed by atoms with Crippen LogP contribution in [0.2, 0.25) is 5.02 Å². The summed E-state index contributed by atoms with van der Waals surface area (Å²) in [5.74, 6) is -0.0705. The molecule has 0 unspecified atom stereocenters. The van der Waals surface area contributed by atoms with E-state index in [1.54, 1.807) is 40.5 Å². The zero-order chi connectivity index (χ0) is 17.4. The van der Waals surface area contributed by atoms with Gasteiger partial charge in [-0.05, 0) is 61.1 Å². The number of carbonyl (C=O) groups excluding carboxylic acids is 1. The Labute approximate surface area is 153 Å². The van der Waals surface area contributed by atoms with Gasteiger partial charge in [0.15, 0.2) is 0 Å². The summed E-state index contributed by atoms with van der Waals surface area (Å²) in [7, 11) is 0. The van der Waals surface area contributed by atoms with E-state index < -0.39 is 0 Å². The number of aromatic nitrogens is 2. The molecule has 0 bridgehead atoms. The second-order valence-corrected chi connectivity index (χ2v) is 7.41. The second kappa shape index (κ2) is 6.61. The predicted octanol–water partition coefficient (Wildman–Crippen LogP) is 3.73. The second-order valence-electron chi connectivity index (χ2n) is 6.06. The Hall–Kier alpha value is -2.18. The van der Waals surface area contributed by atoms with Crippen LogP contribution in [-0.2, 0) is 0 Å². The van der Waals surface area contributed by atoms with Crippen LogP contribution >= 0.6 is 23.1 Å². The first-order chi connectivity index (χ1) is 12.1. The summed E-state index contributed by atoms with van der Waals surface area (Å²) in [5, 5.41) is 0.984. The number of pyridine rings is 1. The minimum atomic E-state index is -0.133. The lowest BCUT2D eigenvalue weighted by Crippen LogP contribution is -2.35. The van der Waals surface area contributed by atoms with Gasteiger partial charge >= 0.3 is 0 Å². The lowest BCUT2D eigenvalue weighted by atomic mass is 10.1. The molecule has 1 aliphatic rings. The molecule has 128 valence electrons. The molecular weight excluding hydrogens is 358 g/mol. The highest BCUT2D eigenvalue weighted by Crippen LogP contribution is 2.25. The average Bonchev–Trinajstić information content (AvgIpc) is 2.99. The number of hydrogen-bond acceptors (Lipinski definition) is 4. The molecule has 3 aromatic rings. The monoisotopic (exact) mass is 373 g/mol. The standard InChI is InChI=1S/C18H16ClN3O2S/c19-15-7-6-12(11-14(15)17(23)21-9-2-1-3-10-21)22-18(24)13-5-4-8-20-16(13)25-22/h4-8,11H,1-3,9-10H2. The number of rotatable bonds is 2. The van der Waals surface area contributed by atoms with Crippen LogP contribution in [0, 0.1) is 0 Å². The molecule has 7 heteroatoms. The SMILES string of the molecule is O=C(c1cc(-n2sc3ncccc3c2=O)ccc1Cl)N1CCCCC1. The fraction of sp³-hybridized carbons (Fsp3) is 0.278. The van der Waals surface area contributed by atoms with Gasteiger partial charge in [-0.15, -0.1) is 0 Å². The number of halogens is 1. The van der Waals surface area contributed by atoms with Crippen LogP contribution in [0.25, 0.3) is 15.9 Å². The molecule has 0 atom stereocenters. The van der Waals surface area contributed by atoms with Crippen molar-refractivity contribution in [2.24, 2.45) is 0 Å². The third kappa shape index (κ3) is 2.96. The average molecular weight is 374 g/mol. The number of hydrogen-bond donors (Lipinski definition) is 0. The number of benzene rings is 1. The van der Waals surface area contributed by atoms with E-state index in [1.165, 1.54) is 11.5 Å². The zero-order valence-corrected chi connectivity index (χ0v) is 15.0. The molecule has 5 nitrogen and oxygen atoms in total. The Kier molecular flexibility index (Phi) is 4.31. The molecule has 0 radical (unpaired) electrons. The number of carbonyl (C=O) groups is 1. The van der Waals surface area contributed by atoms with Crippen molar-refractivity contribution in [2.75, 3.05) is 13.1 Å². The third-order valence-electron chi connectivity index (χ3n) is 4.42. The van der Waals surface area contributed by atoms with Crippen molar-refractivity contribution < 1.29 is 4.79 Å². The fourth-order valence-corrected chi connectivity index (χ4v) is 4.24. The predicted molar refractivity (Wildman–Crippen MR) is 100.0 cm³/mol. The summed E-state index contributed by atoms with van der Waals surface area (Å²) in [6, 6.07) is 8.64. The molecule has 0 saturated carbocycles. The van der Waals surface area contributed by atoms with Gasteiger partial charge in [-0.2, -0.15) is 0 Å². The van der Waals surface area contributed by atoms with E-state index in [1.807, 2.05) is 4.90 Å². The van der Waals surface area contributed by atoms with Crippen LogP contribution < -0.4 is 5.56 Å². The molecule has 0 N–H and O–H groups in total. The first-order valence-corrected chi connectivity index (χ1v) is 9.36. The van der Waals surface area contributed by atoms with Crippen LogP contribution in [0.3, 0.4) is 0 Å². The van der Waals surface area contributed by atoms with Gasteiger partial charge in [0.25, 0.3) is 11.5 Å². The van der Waals surface area contributed by atoms with E-state index in [9.17, 15) is 9.59 Å². The van der Waals surface area contributed by atoms with Crippen molar-refractivity contribution in [3.05, 3.63) is 57.5 Å². The van der Waals surface area contributed by atoms with E-state index in [4.69, 9.17) is 11.6 Å². The van der Waals surface area contributed by atoms with E-state index in [2.05, 4.69) is 4.98 Å². The molecule has 0 aliphatic carbocycles. The molecule has 1 aromatic carbocycles. The maximum atomic E-state index is 12.8. The minimum absolute atomic E-state index is 0.0705. The van der Waals surface area contributed by atoms with Crippen molar-refractivity contribution in [1.29, 1.82) is 0 Å². The van der Waals surface area contributed by atoms with Crippen molar-refractivity contribution in [1.82, 2.24) is 13.8 Å². The van der Waals surface area contributed by atoms with Crippen molar-refractivity contribution in [3.8, 4) is 5.69 Å². The number of nitrogens with zero attached hydrogens (tertiary/aromatic N) is 3. The Balaban J connectivity index is 1.77. The Bertz CT molecular complexity index is 1000. The Morgan fingerprint density at radius 3 is 2.72 bits per heavy atom. The van der Waals surface area contributed by atoms with Gasteiger partial charge in [0.2, 0.25) is 0 Å². The minimum Gasteiger partial charge on any atom is -0.339 e. The van der Waals surface area contributed by atoms with Gasteiger partial charge in [0.1, 0.15) is 4.83 Å². The quantitative estimate of drug-likeness (QED) is 0.687. The number of piperidine rings is 1. The van der Waals surface area contributed by atoms with Gasteiger partial charge in [-0.3, -0.25) is 9.59 Å². The van der Waals surface area contributed by atoms with Crippen LogP contribution in [0.1, 0.15) is 29.6 Å². The van der Waals surface area contributed by atoms with Crippen LogP contribution in [0.4, 0.5) is 0 Å². The number of amides is 1. The smallest absolute Gasteiger partial charge is 0.274 e. The topological polar surface area (TPSA) is 55.2 Å². The highest BCUT2D eigenvalue weighted by atomic mass is 35.5. The molecule has 1 amide bonds. The summed E-state index contributed by atoms with van der Waals surface area (Å²) in [6.07, 6.45) is 4.85. The van der Waals surface area contributed by atoms with Gasteiger partial charge in [-0.1, -0.05) is 11.6 Å². The first-order valence-electron chi connectivity index (χ1n) is 8.21.